The van der Waals surface area contributed by atoms with Crippen molar-refractivity contribution in [3.63, 3.8) is 0 Å². The first-order chi connectivity index (χ1) is 9.58. The first-order valence-electron chi connectivity index (χ1n) is 6.05. The molecule has 0 aliphatic rings. The summed E-state index contributed by atoms with van der Waals surface area (Å²) in [6.07, 6.45) is 1.73. The van der Waals surface area contributed by atoms with E-state index in [-0.39, 0.29) is 5.56 Å². The third kappa shape index (κ3) is 2.00. The molecule has 0 amide bonds. The molecular formula is C15H11BrN2O2. The fourth-order valence-electron chi connectivity index (χ4n) is 2.19. The number of nitrogens with zero attached hydrogens (tertiary/aromatic N) is 2. The van der Waals surface area contributed by atoms with Crippen molar-refractivity contribution in [3.8, 4) is 11.4 Å². The Balaban J connectivity index is 2.29. The fraction of sp³-hybridized carbons (Fsp3) is 0.0667. The zero-order valence-corrected chi connectivity index (χ0v) is 12.3. The van der Waals surface area contributed by atoms with Crippen molar-refractivity contribution in [2.24, 2.45) is 0 Å². The molecule has 1 N–H and O–H groups in total. The molecule has 0 radical (unpaired) electrons. The highest BCUT2D eigenvalue weighted by Gasteiger charge is 2.14. The van der Waals surface area contributed by atoms with Gasteiger partial charge >= 0.3 is 5.97 Å². The van der Waals surface area contributed by atoms with Crippen LogP contribution in [-0.4, -0.2) is 20.5 Å². The summed E-state index contributed by atoms with van der Waals surface area (Å²) >= 11 is 3.40. The first kappa shape index (κ1) is 12.9. The van der Waals surface area contributed by atoms with E-state index in [1.54, 1.807) is 18.3 Å². The summed E-state index contributed by atoms with van der Waals surface area (Å²) in [4.78, 5) is 15.5. The van der Waals surface area contributed by atoms with Crippen LogP contribution in [0.2, 0.25) is 0 Å². The molecule has 0 saturated heterocycles. The molecule has 4 nitrogen and oxygen atoms in total. The topological polar surface area (TPSA) is 54.6 Å². The summed E-state index contributed by atoms with van der Waals surface area (Å²) in [6.45, 7) is 2.02. The summed E-state index contributed by atoms with van der Waals surface area (Å²) in [5.41, 5.74) is 3.13. The number of benzene rings is 1. The monoisotopic (exact) mass is 330 g/mol. The number of aryl methyl sites for hydroxylation is 1. The lowest BCUT2D eigenvalue weighted by Crippen LogP contribution is -1.98. The van der Waals surface area contributed by atoms with Crippen LogP contribution in [0.4, 0.5) is 0 Å². The molecule has 3 aromatic rings. The maximum Gasteiger partial charge on any atom is 0.335 e. The Morgan fingerprint density at radius 3 is 2.75 bits per heavy atom. The van der Waals surface area contributed by atoms with Gasteiger partial charge in [0.15, 0.2) is 0 Å². The number of carbonyl (C=O) groups is 1. The zero-order valence-electron chi connectivity index (χ0n) is 10.7. The summed E-state index contributed by atoms with van der Waals surface area (Å²) < 4.78 is 2.53. The SMILES string of the molecule is Cc1ccccc1-c1nc(Br)c2cc(C(=O)O)ccn12. The van der Waals surface area contributed by atoms with Crippen molar-refractivity contribution in [1.29, 1.82) is 0 Å². The number of aromatic carboxylic acids is 1. The van der Waals surface area contributed by atoms with Crippen LogP contribution in [0.25, 0.3) is 16.9 Å². The van der Waals surface area contributed by atoms with Crippen molar-refractivity contribution in [1.82, 2.24) is 9.38 Å². The van der Waals surface area contributed by atoms with Gasteiger partial charge in [0.2, 0.25) is 0 Å². The van der Waals surface area contributed by atoms with Gasteiger partial charge < -0.3 is 5.11 Å². The normalized spacial score (nSPS) is 10.9. The van der Waals surface area contributed by atoms with E-state index in [4.69, 9.17) is 5.11 Å². The molecular weight excluding hydrogens is 320 g/mol. The lowest BCUT2D eigenvalue weighted by molar-refractivity contribution is 0.0697. The van der Waals surface area contributed by atoms with E-state index in [1.807, 2.05) is 35.6 Å². The lowest BCUT2D eigenvalue weighted by atomic mass is 10.1. The minimum absolute atomic E-state index is 0.245. The number of carboxylic acid groups (broad SMARTS) is 1. The second kappa shape index (κ2) is 4.76. The highest BCUT2D eigenvalue weighted by atomic mass is 79.9. The molecule has 0 unspecified atom stereocenters. The van der Waals surface area contributed by atoms with Crippen LogP contribution in [0, 0.1) is 6.92 Å². The number of hydrogen-bond acceptors (Lipinski definition) is 2. The van der Waals surface area contributed by atoms with Crippen LogP contribution in [0.1, 0.15) is 15.9 Å². The molecule has 0 spiro atoms. The molecule has 20 heavy (non-hydrogen) atoms. The van der Waals surface area contributed by atoms with Crippen molar-refractivity contribution < 1.29 is 9.90 Å². The van der Waals surface area contributed by atoms with E-state index >= 15 is 0 Å². The molecule has 0 bridgehead atoms. The Kier molecular flexibility index (Phi) is 3.06. The van der Waals surface area contributed by atoms with Gasteiger partial charge in [-0.05, 0) is 40.5 Å². The van der Waals surface area contributed by atoms with E-state index in [2.05, 4.69) is 20.9 Å². The Morgan fingerprint density at radius 2 is 2.05 bits per heavy atom. The number of carboxylic acids is 1. The van der Waals surface area contributed by atoms with Crippen LogP contribution in [0.15, 0.2) is 47.2 Å². The summed E-state index contributed by atoms with van der Waals surface area (Å²) in [5.74, 6) is -0.153. The van der Waals surface area contributed by atoms with Gasteiger partial charge in [0.1, 0.15) is 10.4 Å². The molecule has 0 atom stereocenters. The van der Waals surface area contributed by atoms with Crippen LogP contribution in [-0.2, 0) is 0 Å². The molecule has 0 aliphatic carbocycles. The lowest BCUT2D eigenvalue weighted by Gasteiger charge is -2.05. The molecule has 2 aromatic heterocycles. The first-order valence-corrected chi connectivity index (χ1v) is 6.84. The van der Waals surface area contributed by atoms with Crippen molar-refractivity contribution in [2.75, 3.05) is 0 Å². The Morgan fingerprint density at radius 1 is 1.30 bits per heavy atom. The van der Waals surface area contributed by atoms with Crippen molar-refractivity contribution in [3.05, 3.63) is 58.3 Å². The second-order valence-corrected chi connectivity index (χ2v) is 5.27. The van der Waals surface area contributed by atoms with Gasteiger partial charge in [0, 0.05) is 11.8 Å². The number of fused-ring (bicyclic) bond motifs is 1. The number of halogens is 1. The average Bonchev–Trinajstić information content (AvgIpc) is 2.76. The van der Waals surface area contributed by atoms with Crippen LogP contribution in [0.5, 0.6) is 0 Å². The van der Waals surface area contributed by atoms with E-state index < -0.39 is 5.97 Å². The largest absolute Gasteiger partial charge is 0.478 e. The third-order valence-electron chi connectivity index (χ3n) is 3.23. The number of imidazole rings is 1. The molecule has 5 heteroatoms. The van der Waals surface area contributed by atoms with Gasteiger partial charge in [-0.25, -0.2) is 9.78 Å². The van der Waals surface area contributed by atoms with E-state index in [0.29, 0.717) is 4.60 Å². The zero-order chi connectivity index (χ0) is 14.3. The minimum Gasteiger partial charge on any atom is -0.478 e. The van der Waals surface area contributed by atoms with Crippen molar-refractivity contribution in [2.45, 2.75) is 6.92 Å². The number of pyridine rings is 1. The second-order valence-electron chi connectivity index (χ2n) is 4.52. The van der Waals surface area contributed by atoms with Gasteiger partial charge in [-0.3, -0.25) is 4.40 Å². The summed E-state index contributed by atoms with van der Waals surface area (Å²) in [5, 5.41) is 9.06. The van der Waals surface area contributed by atoms with Crippen LogP contribution < -0.4 is 0 Å². The van der Waals surface area contributed by atoms with Crippen LogP contribution >= 0.6 is 15.9 Å². The van der Waals surface area contributed by atoms with Crippen molar-refractivity contribution >= 4 is 27.4 Å². The smallest absolute Gasteiger partial charge is 0.335 e. The van der Waals surface area contributed by atoms with E-state index in [0.717, 1.165) is 22.5 Å². The van der Waals surface area contributed by atoms with Gasteiger partial charge in [-0.2, -0.15) is 0 Å². The van der Waals surface area contributed by atoms with E-state index in [1.165, 1.54) is 0 Å². The highest BCUT2D eigenvalue weighted by Crippen LogP contribution is 2.28. The van der Waals surface area contributed by atoms with Gasteiger partial charge in [0.25, 0.3) is 0 Å². The predicted molar refractivity (Wildman–Crippen MR) is 80.0 cm³/mol. The molecule has 100 valence electrons. The number of rotatable bonds is 2. The molecule has 0 fully saturated rings. The van der Waals surface area contributed by atoms with Gasteiger partial charge in [0.05, 0.1) is 11.1 Å². The maximum absolute atomic E-state index is 11.0. The van der Waals surface area contributed by atoms with E-state index in [9.17, 15) is 4.79 Å². The Bertz CT molecular complexity index is 824. The summed E-state index contributed by atoms with van der Waals surface area (Å²) in [6, 6.07) is 11.2. The molecule has 2 heterocycles. The standard InChI is InChI=1S/C15H11BrN2O2/c1-9-4-2-3-5-11(9)14-17-13(16)12-8-10(15(19)20)6-7-18(12)14/h2-8H,1H3,(H,19,20). The Hall–Kier alpha value is -2.14. The van der Waals surface area contributed by atoms with Gasteiger partial charge in [-0.15, -0.1) is 0 Å². The third-order valence-corrected chi connectivity index (χ3v) is 3.82. The average molecular weight is 331 g/mol. The molecule has 0 aliphatic heterocycles. The minimum atomic E-state index is -0.946. The highest BCUT2D eigenvalue weighted by molar-refractivity contribution is 9.10. The number of aromatic nitrogens is 2. The van der Waals surface area contributed by atoms with Gasteiger partial charge in [-0.1, -0.05) is 24.3 Å². The van der Waals surface area contributed by atoms with Crippen LogP contribution in [0.3, 0.4) is 0 Å². The molecule has 0 saturated carbocycles. The maximum atomic E-state index is 11.0. The quantitative estimate of drug-likeness (QED) is 0.778. The predicted octanol–water partition coefficient (Wildman–Crippen LogP) is 3.77. The molecule has 1 aromatic carbocycles. The Labute approximate surface area is 123 Å². The summed E-state index contributed by atoms with van der Waals surface area (Å²) in [7, 11) is 0. The number of hydrogen-bond donors (Lipinski definition) is 1. The fourth-order valence-corrected chi connectivity index (χ4v) is 2.67. The molecule has 3 rings (SSSR count).